The van der Waals surface area contributed by atoms with Gasteiger partial charge in [-0.05, 0) is 52.4 Å². The molecule has 2 fully saturated rings. The molecular weight excluding hydrogens is 456 g/mol. The molecule has 2 unspecified atom stereocenters. The summed E-state index contributed by atoms with van der Waals surface area (Å²) in [5.41, 5.74) is 0.359. The van der Waals surface area contributed by atoms with Gasteiger partial charge >= 0.3 is 0 Å². The summed E-state index contributed by atoms with van der Waals surface area (Å²) in [4.78, 5) is 15.6. The van der Waals surface area contributed by atoms with E-state index in [0.29, 0.717) is 38.2 Å². The maximum Gasteiger partial charge on any atom is 0.248 e. The van der Waals surface area contributed by atoms with Crippen molar-refractivity contribution >= 4 is 15.9 Å². The highest BCUT2D eigenvalue weighted by Crippen LogP contribution is 2.32. The number of sulfonamides is 1. The number of carbonyl (C=O) groups is 1. The van der Waals surface area contributed by atoms with E-state index in [0.717, 1.165) is 50.3 Å². The number of amides is 1. The van der Waals surface area contributed by atoms with Crippen molar-refractivity contribution in [2.75, 3.05) is 26.2 Å². The van der Waals surface area contributed by atoms with Crippen LogP contribution in [0.5, 0.6) is 0 Å². The van der Waals surface area contributed by atoms with Crippen LogP contribution in [0.1, 0.15) is 74.0 Å². The van der Waals surface area contributed by atoms with Crippen LogP contribution in [0.15, 0.2) is 9.42 Å². The molecule has 2 saturated heterocycles. The fourth-order valence-electron chi connectivity index (χ4n) is 5.79. The second kappa shape index (κ2) is 9.41. The van der Waals surface area contributed by atoms with E-state index in [1.165, 1.54) is 10.7 Å². The molecule has 5 rings (SSSR count). The van der Waals surface area contributed by atoms with Crippen molar-refractivity contribution in [3.05, 3.63) is 23.1 Å². The van der Waals surface area contributed by atoms with Gasteiger partial charge < -0.3 is 14.0 Å². The van der Waals surface area contributed by atoms with Crippen molar-refractivity contribution in [3.63, 3.8) is 0 Å². The Bertz CT molecular complexity index is 1140. The summed E-state index contributed by atoms with van der Waals surface area (Å²) >= 11 is 0. The molecule has 2 aromatic heterocycles. The molecule has 186 valence electrons. The average molecular weight is 491 g/mol. The van der Waals surface area contributed by atoms with Gasteiger partial charge in [0.25, 0.3) is 0 Å². The lowest BCUT2D eigenvalue weighted by atomic mass is 9.93. The SMILES string of the molecule is Cc1noc(C)c1S(=O)(=O)N1CCCC(C(=O)N2CCCC(c3nnc4n3CCCCC4)C2)C1. The molecule has 0 radical (unpaired) electrons. The quantitative estimate of drug-likeness (QED) is 0.646. The Morgan fingerprint density at radius 1 is 0.971 bits per heavy atom. The number of aromatic nitrogens is 4. The Kier molecular flexibility index (Phi) is 6.49. The number of piperidine rings is 2. The average Bonchev–Trinajstić information content (AvgIpc) is 3.32. The summed E-state index contributed by atoms with van der Waals surface area (Å²) in [6.45, 7) is 6.15. The van der Waals surface area contributed by atoms with Gasteiger partial charge in [-0.15, -0.1) is 10.2 Å². The van der Waals surface area contributed by atoms with E-state index in [-0.39, 0.29) is 34.9 Å². The highest BCUT2D eigenvalue weighted by molar-refractivity contribution is 7.89. The number of fused-ring (bicyclic) bond motifs is 1. The third kappa shape index (κ3) is 4.28. The first-order valence-electron chi connectivity index (χ1n) is 12.5. The van der Waals surface area contributed by atoms with Gasteiger partial charge in [-0.3, -0.25) is 4.79 Å². The Balaban J connectivity index is 1.29. The van der Waals surface area contributed by atoms with Crippen molar-refractivity contribution in [3.8, 4) is 0 Å². The Labute approximate surface area is 200 Å². The van der Waals surface area contributed by atoms with E-state index >= 15 is 0 Å². The summed E-state index contributed by atoms with van der Waals surface area (Å²) < 4.78 is 35.4. The van der Waals surface area contributed by atoms with Crippen LogP contribution in [0.2, 0.25) is 0 Å². The molecule has 0 aromatic carbocycles. The Morgan fingerprint density at radius 2 is 1.79 bits per heavy atom. The second-order valence-electron chi connectivity index (χ2n) is 9.92. The molecule has 34 heavy (non-hydrogen) atoms. The molecule has 3 aliphatic heterocycles. The molecule has 1 amide bonds. The first-order chi connectivity index (χ1) is 16.4. The maximum absolute atomic E-state index is 13.5. The van der Waals surface area contributed by atoms with E-state index in [1.54, 1.807) is 13.8 Å². The fraction of sp³-hybridized carbons (Fsp3) is 0.739. The molecule has 0 bridgehead atoms. The summed E-state index contributed by atoms with van der Waals surface area (Å²) in [7, 11) is -3.75. The zero-order chi connectivity index (χ0) is 23.9. The minimum absolute atomic E-state index is 0.0546. The third-order valence-corrected chi connectivity index (χ3v) is 9.65. The van der Waals surface area contributed by atoms with Gasteiger partial charge in [0, 0.05) is 45.1 Å². The number of hydrogen-bond acceptors (Lipinski definition) is 7. The number of hydrogen-bond donors (Lipinski definition) is 0. The van der Waals surface area contributed by atoms with Gasteiger partial charge in [0.2, 0.25) is 15.9 Å². The molecule has 2 aromatic rings. The van der Waals surface area contributed by atoms with Crippen LogP contribution in [0.4, 0.5) is 0 Å². The highest BCUT2D eigenvalue weighted by Gasteiger charge is 2.39. The van der Waals surface area contributed by atoms with Crippen LogP contribution in [0, 0.1) is 19.8 Å². The summed E-state index contributed by atoms with van der Waals surface area (Å²) in [6.07, 6.45) is 7.77. The molecule has 0 spiro atoms. The van der Waals surface area contributed by atoms with Crippen LogP contribution in [-0.4, -0.2) is 69.6 Å². The van der Waals surface area contributed by atoms with Crippen molar-refractivity contribution in [1.82, 2.24) is 29.1 Å². The number of nitrogens with zero attached hydrogens (tertiary/aromatic N) is 6. The number of rotatable bonds is 4. The molecule has 5 heterocycles. The van der Waals surface area contributed by atoms with Crippen LogP contribution >= 0.6 is 0 Å². The third-order valence-electron chi connectivity index (χ3n) is 7.54. The predicted octanol–water partition coefficient (Wildman–Crippen LogP) is 2.42. The van der Waals surface area contributed by atoms with Gasteiger partial charge in [0.05, 0.1) is 5.92 Å². The van der Waals surface area contributed by atoms with Crippen LogP contribution in [0.3, 0.4) is 0 Å². The molecule has 2 atom stereocenters. The van der Waals surface area contributed by atoms with Crippen molar-refractivity contribution in [2.45, 2.75) is 82.6 Å². The minimum atomic E-state index is -3.75. The molecule has 0 saturated carbocycles. The van der Waals surface area contributed by atoms with Crippen molar-refractivity contribution in [1.29, 1.82) is 0 Å². The molecule has 11 heteroatoms. The molecular formula is C23H34N6O4S. The number of carbonyl (C=O) groups excluding carboxylic acids is 1. The van der Waals surface area contributed by atoms with Gasteiger partial charge in [-0.1, -0.05) is 11.6 Å². The lowest BCUT2D eigenvalue weighted by Gasteiger charge is -2.37. The summed E-state index contributed by atoms with van der Waals surface area (Å²) in [6, 6.07) is 0. The number of aryl methyl sites for hydroxylation is 3. The lowest BCUT2D eigenvalue weighted by Crippen LogP contribution is -2.49. The van der Waals surface area contributed by atoms with Gasteiger partial charge in [-0.2, -0.15) is 4.31 Å². The lowest BCUT2D eigenvalue weighted by molar-refractivity contribution is -0.138. The zero-order valence-corrected chi connectivity index (χ0v) is 20.9. The van der Waals surface area contributed by atoms with E-state index in [4.69, 9.17) is 4.52 Å². The molecule has 0 aliphatic carbocycles. The van der Waals surface area contributed by atoms with Gasteiger partial charge in [0.1, 0.15) is 22.2 Å². The first kappa shape index (κ1) is 23.5. The first-order valence-corrected chi connectivity index (χ1v) is 13.9. The van der Waals surface area contributed by atoms with Crippen molar-refractivity contribution < 1.29 is 17.7 Å². The maximum atomic E-state index is 13.5. The summed E-state index contributed by atoms with van der Waals surface area (Å²) in [5.74, 6) is 2.28. The largest absolute Gasteiger partial charge is 0.360 e. The molecule has 3 aliphatic rings. The van der Waals surface area contributed by atoms with E-state index in [2.05, 4.69) is 19.9 Å². The van der Waals surface area contributed by atoms with E-state index < -0.39 is 10.0 Å². The monoisotopic (exact) mass is 490 g/mol. The Hall–Kier alpha value is -2.27. The van der Waals surface area contributed by atoms with Gasteiger partial charge in [0.15, 0.2) is 5.76 Å². The fourth-order valence-corrected chi connectivity index (χ4v) is 7.61. The Morgan fingerprint density at radius 3 is 2.59 bits per heavy atom. The highest BCUT2D eigenvalue weighted by atomic mass is 32.2. The minimum Gasteiger partial charge on any atom is -0.360 e. The topological polar surface area (TPSA) is 114 Å². The molecule has 0 N–H and O–H groups in total. The summed E-state index contributed by atoms with van der Waals surface area (Å²) in [5, 5.41) is 12.8. The predicted molar refractivity (Wildman–Crippen MR) is 124 cm³/mol. The number of likely N-dealkylation sites (tertiary alicyclic amines) is 1. The standard InChI is InChI=1S/C23H34N6O4S/c1-16-21(17(2)33-26-16)34(31,32)28-12-7-9-19(15-28)23(30)27-11-6-8-18(14-27)22-25-24-20-10-4-3-5-13-29(20)22/h18-19H,3-15H2,1-2H3. The smallest absolute Gasteiger partial charge is 0.248 e. The van der Waals surface area contributed by atoms with E-state index in [1.807, 2.05) is 4.90 Å². The van der Waals surface area contributed by atoms with Gasteiger partial charge in [-0.25, -0.2) is 8.42 Å². The van der Waals surface area contributed by atoms with Crippen LogP contribution in [-0.2, 0) is 27.8 Å². The van der Waals surface area contributed by atoms with Crippen molar-refractivity contribution in [2.24, 2.45) is 5.92 Å². The molecule has 10 nitrogen and oxygen atoms in total. The van der Waals surface area contributed by atoms with Crippen LogP contribution in [0.25, 0.3) is 0 Å². The normalized spacial score (nSPS) is 24.6. The second-order valence-corrected chi connectivity index (χ2v) is 11.8. The zero-order valence-electron chi connectivity index (χ0n) is 20.1. The van der Waals surface area contributed by atoms with Crippen LogP contribution < -0.4 is 0 Å². The van der Waals surface area contributed by atoms with E-state index in [9.17, 15) is 13.2 Å².